The van der Waals surface area contributed by atoms with E-state index in [-0.39, 0.29) is 16.5 Å². The standard InChI is InChI=1S/C19H17ClF3N3O4/c1-29-15-8-12(4-5-14(15)26-6-2-3-16(26)27)25-17(28)11-7-13(20)18(24-9-11)30-10-19(21,22)23/h4-5,7-9H,2-3,6,10H2,1H3,(H,25,28). The molecule has 7 nitrogen and oxygen atoms in total. The van der Waals surface area contributed by atoms with Gasteiger partial charge in [-0.05, 0) is 24.6 Å². The second-order valence-electron chi connectivity index (χ2n) is 6.40. The Hall–Kier alpha value is -3.01. The lowest BCUT2D eigenvalue weighted by atomic mass is 10.2. The molecule has 1 saturated heterocycles. The van der Waals surface area contributed by atoms with Gasteiger partial charge < -0.3 is 19.7 Å². The minimum absolute atomic E-state index is 0.00127. The normalized spacial score (nSPS) is 14.0. The van der Waals surface area contributed by atoms with Crippen LogP contribution in [0, 0.1) is 0 Å². The van der Waals surface area contributed by atoms with E-state index in [2.05, 4.69) is 15.0 Å². The first-order chi connectivity index (χ1) is 14.2. The Bertz CT molecular complexity index is 969. The number of hydrogen-bond acceptors (Lipinski definition) is 5. The summed E-state index contributed by atoms with van der Waals surface area (Å²) in [5.41, 5.74) is 1.02. The number of anilines is 2. The Morgan fingerprint density at radius 3 is 2.70 bits per heavy atom. The van der Waals surface area contributed by atoms with Gasteiger partial charge in [-0.25, -0.2) is 4.98 Å². The molecule has 0 spiro atoms. The molecule has 2 amide bonds. The second kappa shape index (κ2) is 8.78. The molecule has 1 aromatic heterocycles. The molecular weight excluding hydrogens is 427 g/mol. The van der Waals surface area contributed by atoms with Crippen LogP contribution in [0.5, 0.6) is 11.6 Å². The van der Waals surface area contributed by atoms with E-state index >= 15 is 0 Å². The number of nitrogens with zero attached hydrogens (tertiary/aromatic N) is 2. The van der Waals surface area contributed by atoms with Crippen LogP contribution in [0.2, 0.25) is 5.02 Å². The number of carbonyl (C=O) groups excluding carboxylic acids is 2. The first-order valence-electron chi connectivity index (χ1n) is 8.83. The van der Waals surface area contributed by atoms with Gasteiger partial charge in [-0.15, -0.1) is 0 Å². The monoisotopic (exact) mass is 443 g/mol. The van der Waals surface area contributed by atoms with Crippen molar-refractivity contribution >= 4 is 34.8 Å². The Morgan fingerprint density at radius 2 is 2.10 bits per heavy atom. The van der Waals surface area contributed by atoms with E-state index in [1.54, 1.807) is 23.1 Å². The van der Waals surface area contributed by atoms with Crippen molar-refractivity contribution in [3.05, 3.63) is 41.0 Å². The maximum Gasteiger partial charge on any atom is 0.422 e. The van der Waals surface area contributed by atoms with Gasteiger partial charge in [0.25, 0.3) is 5.91 Å². The first kappa shape index (κ1) is 21.7. The van der Waals surface area contributed by atoms with Crippen molar-refractivity contribution in [1.82, 2.24) is 4.98 Å². The van der Waals surface area contributed by atoms with Gasteiger partial charge in [-0.3, -0.25) is 9.59 Å². The van der Waals surface area contributed by atoms with Gasteiger partial charge in [0.2, 0.25) is 11.8 Å². The van der Waals surface area contributed by atoms with Crippen molar-refractivity contribution in [3.8, 4) is 11.6 Å². The van der Waals surface area contributed by atoms with Crippen molar-refractivity contribution in [2.45, 2.75) is 19.0 Å². The van der Waals surface area contributed by atoms with E-state index in [1.165, 1.54) is 7.11 Å². The molecule has 0 radical (unpaired) electrons. The predicted molar refractivity (Wildman–Crippen MR) is 103 cm³/mol. The molecule has 160 valence electrons. The van der Waals surface area contributed by atoms with Gasteiger partial charge >= 0.3 is 6.18 Å². The molecular formula is C19H17ClF3N3O4. The molecule has 0 unspecified atom stereocenters. The molecule has 11 heteroatoms. The summed E-state index contributed by atoms with van der Waals surface area (Å²) in [7, 11) is 1.45. The van der Waals surface area contributed by atoms with E-state index in [9.17, 15) is 22.8 Å². The molecule has 2 heterocycles. The summed E-state index contributed by atoms with van der Waals surface area (Å²) >= 11 is 5.87. The van der Waals surface area contributed by atoms with Crippen LogP contribution in [0.1, 0.15) is 23.2 Å². The molecule has 30 heavy (non-hydrogen) atoms. The minimum Gasteiger partial charge on any atom is -0.494 e. The molecule has 1 aliphatic heterocycles. The first-order valence-corrected chi connectivity index (χ1v) is 9.20. The Morgan fingerprint density at radius 1 is 1.33 bits per heavy atom. The van der Waals surface area contributed by atoms with E-state index < -0.39 is 24.6 Å². The van der Waals surface area contributed by atoms with Crippen LogP contribution in [-0.4, -0.2) is 43.2 Å². The maximum atomic E-state index is 12.5. The van der Waals surface area contributed by atoms with Gasteiger partial charge in [-0.1, -0.05) is 11.6 Å². The molecule has 0 aliphatic carbocycles. The number of nitrogens with one attached hydrogen (secondary N) is 1. The highest BCUT2D eigenvalue weighted by Gasteiger charge is 2.29. The molecule has 0 saturated carbocycles. The summed E-state index contributed by atoms with van der Waals surface area (Å²) in [5, 5.41) is 2.39. The number of aromatic nitrogens is 1. The average Bonchev–Trinajstić information content (AvgIpc) is 3.11. The van der Waals surface area contributed by atoms with Crippen LogP contribution in [0.15, 0.2) is 30.5 Å². The number of methoxy groups -OCH3 is 1. The minimum atomic E-state index is -4.54. The highest BCUT2D eigenvalue weighted by Crippen LogP contribution is 2.34. The van der Waals surface area contributed by atoms with E-state index in [0.29, 0.717) is 30.1 Å². The Balaban J connectivity index is 1.72. The van der Waals surface area contributed by atoms with Crippen LogP contribution in [0.3, 0.4) is 0 Å². The van der Waals surface area contributed by atoms with Crippen molar-refractivity contribution in [2.75, 3.05) is 30.5 Å². The molecule has 1 fully saturated rings. The number of benzene rings is 1. The van der Waals surface area contributed by atoms with Gasteiger partial charge in [-0.2, -0.15) is 13.2 Å². The van der Waals surface area contributed by atoms with Crippen LogP contribution in [0.4, 0.5) is 24.5 Å². The number of alkyl halides is 3. The van der Waals surface area contributed by atoms with Gasteiger partial charge in [0.1, 0.15) is 10.8 Å². The summed E-state index contributed by atoms with van der Waals surface area (Å²) < 4.78 is 46.6. The third-order valence-electron chi connectivity index (χ3n) is 4.24. The second-order valence-corrected chi connectivity index (χ2v) is 6.81. The topological polar surface area (TPSA) is 80.8 Å². The number of carbonyl (C=O) groups is 2. The number of amides is 2. The molecule has 0 bridgehead atoms. The number of hydrogen-bond donors (Lipinski definition) is 1. The van der Waals surface area contributed by atoms with Gasteiger partial charge in [0.05, 0.1) is 18.4 Å². The number of ether oxygens (including phenoxy) is 2. The summed E-state index contributed by atoms with van der Waals surface area (Å²) in [6.07, 6.45) is -2.25. The Labute approximate surface area is 174 Å². The summed E-state index contributed by atoms with van der Waals surface area (Å²) in [4.78, 5) is 29.7. The molecule has 2 aromatic rings. The smallest absolute Gasteiger partial charge is 0.422 e. The summed E-state index contributed by atoms with van der Waals surface area (Å²) in [5.74, 6) is -0.598. The molecule has 1 aliphatic rings. The number of pyridine rings is 1. The fraction of sp³-hybridized carbons (Fsp3) is 0.316. The van der Waals surface area contributed by atoms with E-state index in [4.69, 9.17) is 16.3 Å². The highest BCUT2D eigenvalue weighted by atomic mass is 35.5. The van der Waals surface area contributed by atoms with E-state index in [0.717, 1.165) is 18.7 Å². The van der Waals surface area contributed by atoms with Crippen molar-refractivity contribution in [3.63, 3.8) is 0 Å². The SMILES string of the molecule is COc1cc(NC(=O)c2cnc(OCC(F)(F)F)c(Cl)c2)ccc1N1CCCC1=O. The summed E-state index contributed by atoms with van der Waals surface area (Å²) in [6.45, 7) is -0.954. The molecule has 3 rings (SSSR count). The van der Waals surface area contributed by atoms with Crippen LogP contribution >= 0.6 is 11.6 Å². The van der Waals surface area contributed by atoms with Crippen LogP contribution < -0.4 is 19.7 Å². The van der Waals surface area contributed by atoms with Crippen molar-refractivity contribution in [2.24, 2.45) is 0 Å². The van der Waals surface area contributed by atoms with Crippen LogP contribution in [-0.2, 0) is 4.79 Å². The number of halogens is 4. The van der Waals surface area contributed by atoms with Crippen molar-refractivity contribution in [1.29, 1.82) is 0 Å². The maximum absolute atomic E-state index is 12.5. The predicted octanol–water partition coefficient (Wildman–Crippen LogP) is 4.06. The lowest BCUT2D eigenvalue weighted by molar-refractivity contribution is -0.154. The zero-order valence-electron chi connectivity index (χ0n) is 15.8. The van der Waals surface area contributed by atoms with E-state index in [1.807, 2.05) is 0 Å². The third kappa shape index (κ3) is 5.12. The van der Waals surface area contributed by atoms with Gasteiger partial charge in [0, 0.05) is 30.9 Å². The molecule has 1 aromatic carbocycles. The molecule has 0 atom stereocenters. The highest BCUT2D eigenvalue weighted by molar-refractivity contribution is 6.32. The third-order valence-corrected chi connectivity index (χ3v) is 4.51. The van der Waals surface area contributed by atoms with Gasteiger partial charge in [0.15, 0.2) is 6.61 Å². The quantitative estimate of drug-likeness (QED) is 0.728. The zero-order chi connectivity index (χ0) is 21.9. The fourth-order valence-electron chi connectivity index (χ4n) is 2.89. The lowest BCUT2D eigenvalue weighted by Gasteiger charge is -2.19. The Kier molecular flexibility index (Phi) is 6.35. The van der Waals surface area contributed by atoms with Crippen LogP contribution in [0.25, 0.3) is 0 Å². The molecule has 1 N–H and O–H groups in total. The fourth-order valence-corrected chi connectivity index (χ4v) is 3.11. The zero-order valence-corrected chi connectivity index (χ0v) is 16.5. The summed E-state index contributed by atoms with van der Waals surface area (Å²) in [6, 6.07) is 5.99. The largest absolute Gasteiger partial charge is 0.494 e. The average molecular weight is 444 g/mol. The van der Waals surface area contributed by atoms with Crippen molar-refractivity contribution < 1.29 is 32.2 Å². The number of rotatable bonds is 6. The lowest BCUT2D eigenvalue weighted by Crippen LogP contribution is -2.24.